The number of benzene rings is 1. The molecule has 0 aliphatic carbocycles. The van der Waals surface area contributed by atoms with Crippen molar-refractivity contribution in [1.29, 1.82) is 0 Å². The summed E-state index contributed by atoms with van der Waals surface area (Å²) >= 11 is 0. The number of aliphatic hydroxyl groups is 1. The van der Waals surface area contributed by atoms with Crippen LogP contribution < -0.4 is 0 Å². The fourth-order valence-corrected chi connectivity index (χ4v) is 2.26. The second-order valence-corrected chi connectivity index (χ2v) is 5.39. The van der Waals surface area contributed by atoms with Crippen molar-refractivity contribution < 1.29 is 14.6 Å². The van der Waals surface area contributed by atoms with Crippen molar-refractivity contribution in [1.82, 2.24) is 14.9 Å². The van der Waals surface area contributed by atoms with Gasteiger partial charge in [-0.3, -0.25) is 4.79 Å². The summed E-state index contributed by atoms with van der Waals surface area (Å²) in [5, 5.41) is 8.78. The monoisotopic (exact) mass is 329 g/mol. The molecule has 0 saturated carbocycles. The lowest BCUT2D eigenvalue weighted by molar-refractivity contribution is 0.0561. The summed E-state index contributed by atoms with van der Waals surface area (Å²) in [5.74, 6) is -0.00699. The van der Waals surface area contributed by atoms with E-state index in [-0.39, 0.29) is 24.9 Å². The first-order chi connectivity index (χ1) is 11.7. The van der Waals surface area contributed by atoms with Crippen LogP contribution in [0.3, 0.4) is 0 Å². The van der Waals surface area contributed by atoms with E-state index in [0.717, 1.165) is 17.7 Å². The molecule has 0 atom stereocenters. The summed E-state index contributed by atoms with van der Waals surface area (Å²) < 4.78 is 5.29. The standard InChI is InChI=1S/C18H23N3O3/c1-15-7-9-19-17(20-15)18(23)21(11-13-24-14-12-22)10-8-16-5-3-2-4-6-16/h2-7,9,22H,8,10-14H2,1H3. The van der Waals surface area contributed by atoms with Crippen molar-refractivity contribution in [3.8, 4) is 0 Å². The molecule has 0 saturated heterocycles. The fraction of sp³-hybridized carbons (Fsp3) is 0.389. The number of ether oxygens (including phenoxy) is 1. The lowest BCUT2D eigenvalue weighted by Crippen LogP contribution is -2.37. The number of aryl methyl sites for hydroxylation is 1. The van der Waals surface area contributed by atoms with Crippen LogP contribution in [0.4, 0.5) is 0 Å². The Balaban J connectivity index is 2.02. The Bertz CT molecular complexity index is 634. The molecular formula is C18H23N3O3. The van der Waals surface area contributed by atoms with Gasteiger partial charge in [0.1, 0.15) is 0 Å². The Morgan fingerprint density at radius 2 is 1.96 bits per heavy atom. The molecule has 0 aliphatic rings. The number of amides is 1. The van der Waals surface area contributed by atoms with Crippen LogP contribution in [0.2, 0.25) is 0 Å². The molecule has 1 aromatic carbocycles. The molecule has 6 nitrogen and oxygen atoms in total. The van der Waals surface area contributed by atoms with E-state index in [0.29, 0.717) is 19.7 Å². The molecule has 128 valence electrons. The number of aliphatic hydroxyl groups excluding tert-OH is 1. The van der Waals surface area contributed by atoms with Crippen LogP contribution in [0.15, 0.2) is 42.6 Å². The van der Waals surface area contributed by atoms with Gasteiger partial charge < -0.3 is 14.7 Å². The SMILES string of the molecule is Cc1ccnc(C(=O)N(CCOCCO)CCc2ccccc2)n1. The van der Waals surface area contributed by atoms with Crippen LogP contribution >= 0.6 is 0 Å². The molecule has 0 fully saturated rings. The Morgan fingerprint density at radius 1 is 1.17 bits per heavy atom. The molecule has 0 aliphatic heterocycles. The zero-order valence-electron chi connectivity index (χ0n) is 13.9. The van der Waals surface area contributed by atoms with E-state index in [1.54, 1.807) is 17.2 Å². The molecule has 1 heterocycles. The number of carbonyl (C=O) groups excluding carboxylic acids is 1. The van der Waals surface area contributed by atoms with Crippen LogP contribution in [-0.2, 0) is 11.2 Å². The van der Waals surface area contributed by atoms with Gasteiger partial charge in [-0.2, -0.15) is 0 Å². The van der Waals surface area contributed by atoms with Crippen LogP contribution in [0, 0.1) is 6.92 Å². The molecule has 0 unspecified atom stereocenters. The van der Waals surface area contributed by atoms with Gasteiger partial charge in [-0.15, -0.1) is 0 Å². The van der Waals surface area contributed by atoms with Crippen molar-refractivity contribution in [2.45, 2.75) is 13.3 Å². The maximum atomic E-state index is 12.7. The summed E-state index contributed by atoms with van der Waals surface area (Å²) in [4.78, 5) is 22.7. The molecule has 6 heteroatoms. The van der Waals surface area contributed by atoms with E-state index >= 15 is 0 Å². The van der Waals surface area contributed by atoms with E-state index in [1.807, 2.05) is 37.3 Å². The largest absolute Gasteiger partial charge is 0.394 e. The molecule has 1 N–H and O–H groups in total. The summed E-state index contributed by atoms with van der Waals surface area (Å²) in [6.45, 7) is 3.43. The van der Waals surface area contributed by atoms with Gasteiger partial charge in [-0.05, 0) is 25.0 Å². The lowest BCUT2D eigenvalue weighted by atomic mass is 10.1. The number of aromatic nitrogens is 2. The Labute approximate surface area is 142 Å². The molecule has 0 spiro atoms. The van der Waals surface area contributed by atoms with Gasteiger partial charge in [0.15, 0.2) is 0 Å². The zero-order chi connectivity index (χ0) is 17.2. The third kappa shape index (κ3) is 5.72. The Hall–Kier alpha value is -2.31. The minimum absolute atomic E-state index is 0.0288. The fourth-order valence-electron chi connectivity index (χ4n) is 2.26. The van der Waals surface area contributed by atoms with E-state index in [9.17, 15) is 4.79 Å². The highest BCUT2D eigenvalue weighted by molar-refractivity contribution is 5.90. The van der Waals surface area contributed by atoms with Gasteiger partial charge in [0, 0.05) is 25.0 Å². The zero-order valence-corrected chi connectivity index (χ0v) is 13.9. The predicted octanol–water partition coefficient (Wildman–Crippen LogP) is 1.48. The molecule has 24 heavy (non-hydrogen) atoms. The molecular weight excluding hydrogens is 306 g/mol. The maximum absolute atomic E-state index is 12.7. The third-order valence-corrected chi connectivity index (χ3v) is 3.53. The molecule has 1 amide bonds. The minimum atomic E-state index is -0.206. The number of carbonyl (C=O) groups is 1. The van der Waals surface area contributed by atoms with Gasteiger partial charge >= 0.3 is 0 Å². The highest BCUT2D eigenvalue weighted by Crippen LogP contribution is 2.05. The second kappa shape index (κ2) is 9.75. The average molecular weight is 329 g/mol. The average Bonchev–Trinajstić information content (AvgIpc) is 2.61. The Kier molecular flexibility index (Phi) is 7.32. The first kappa shape index (κ1) is 18.0. The van der Waals surface area contributed by atoms with Crippen molar-refractivity contribution in [3.05, 3.63) is 59.7 Å². The van der Waals surface area contributed by atoms with Crippen LogP contribution in [0.1, 0.15) is 21.9 Å². The lowest BCUT2D eigenvalue weighted by Gasteiger charge is -2.22. The van der Waals surface area contributed by atoms with E-state index < -0.39 is 0 Å². The quantitative estimate of drug-likeness (QED) is 0.705. The number of hydrogen-bond acceptors (Lipinski definition) is 5. The smallest absolute Gasteiger partial charge is 0.291 e. The molecule has 1 aromatic heterocycles. The molecule has 2 aromatic rings. The van der Waals surface area contributed by atoms with Crippen LogP contribution in [0.5, 0.6) is 0 Å². The topological polar surface area (TPSA) is 75.6 Å². The number of rotatable bonds is 9. The highest BCUT2D eigenvalue weighted by atomic mass is 16.5. The van der Waals surface area contributed by atoms with Crippen LogP contribution in [-0.4, -0.2) is 58.8 Å². The maximum Gasteiger partial charge on any atom is 0.291 e. The predicted molar refractivity (Wildman–Crippen MR) is 90.7 cm³/mol. The first-order valence-corrected chi connectivity index (χ1v) is 8.02. The summed E-state index contributed by atoms with van der Waals surface area (Å²) in [7, 11) is 0. The van der Waals surface area contributed by atoms with Gasteiger partial charge in [-0.25, -0.2) is 9.97 Å². The number of nitrogens with zero attached hydrogens (tertiary/aromatic N) is 3. The van der Waals surface area contributed by atoms with Crippen LogP contribution in [0.25, 0.3) is 0 Å². The summed E-state index contributed by atoms with van der Waals surface area (Å²) in [6.07, 6.45) is 2.34. The molecule has 2 rings (SSSR count). The molecule has 0 bridgehead atoms. The van der Waals surface area contributed by atoms with Crippen molar-refractivity contribution >= 4 is 5.91 Å². The Morgan fingerprint density at radius 3 is 2.67 bits per heavy atom. The first-order valence-electron chi connectivity index (χ1n) is 8.02. The second-order valence-electron chi connectivity index (χ2n) is 5.39. The van der Waals surface area contributed by atoms with Crippen molar-refractivity contribution in [2.75, 3.05) is 32.9 Å². The summed E-state index contributed by atoms with van der Waals surface area (Å²) in [6, 6.07) is 11.8. The number of hydrogen-bond donors (Lipinski definition) is 1. The van der Waals surface area contributed by atoms with E-state index in [4.69, 9.17) is 9.84 Å². The van der Waals surface area contributed by atoms with Gasteiger partial charge in [0.2, 0.25) is 5.82 Å². The van der Waals surface area contributed by atoms with Gasteiger partial charge in [-0.1, -0.05) is 30.3 Å². The normalized spacial score (nSPS) is 10.6. The van der Waals surface area contributed by atoms with Crippen molar-refractivity contribution in [2.24, 2.45) is 0 Å². The minimum Gasteiger partial charge on any atom is -0.394 e. The van der Waals surface area contributed by atoms with Gasteiger partial charge in [0.05, 0.1) is 19.8 Å². The van der Waals surface area contributed by atoms with E-state index in [1.165, 1.54) is 0 Å². The third-order valence-electron chi connectivity index (χ3n) is 3.53. The van der Waals surface area contributed by atoms with Gasteiger partial charge in [0.25, 0.3) is 5.91 Å². The van der Waals surface area contributed by atoms with E-state index in [2.05, 4.69) is 9.97 Å². The highest BCUT2D eigenvalue weighted by Gasteiger charge is 2.18. The molecule has 0 radical (unpaired) electrons. The van der Waals surface area contributed by atoms with Crippen molar-refractivity contribution in [3.63, 3.8) is 0 Å². The summed E-state index contributed by atoms with van der Waals surface area (Å²) in [5.41, 5.74) is 1.92.